The third-order valence-electron chi connectivity index (χ3n) is 2.87. The fraction of sp³-hybridized carbons (Fsp3) is 0.545. The zero-order valence-corrected chi connectivity index (χ0v) is 10.4. The standard InChI is InChI=1S/C11H14N4OS/c1-2-16-7-3-8(4-7)17-11-14-9-5-12-6-13-10(9)15-11/h5-8H,2-4H2,1H3,(H,12,13,14,15). The molecule has 90 valence electrons. The molecule has 2 aromatic heterocycles. The maximum atomic E-state index is 5.54. The molecule has 1 aliphatic carbocycles. The van der Waals surface area contributed by atoms with Crippen LogP contribution in [-0.2, 0) is 4.74 Å². The van der Waals surface area contributed by atoms with E-state index in [1.807, 2.05) is 6.92 Å². The number of nitrogens with one attached hydrogen (secondary N) is 1. The molecule has 0 radical (unpaired) electrons. The van der Waals surface area contributed by atoms with Gasteiger partial charge in [-0.3, -0.25) is 0 Å². The highest BCUT2D eigenvalue weighted by Gasteiger charge is 2.31. The summed E-state index contributed by atoms with van der Waals surface area (Å²) < 4.78 is 5.54. The monoisotopic (exact) mass is 250 g/mol. The molecule has 5 nitrogen and oxygen atoms in total. The summed E-state index contributed by atoms with van der Waals surface area (Å²) in [5, 5.41) is 1.54. The lowest BCUT2D eigenvalue weighted by atomic mass is 9.95. The van der Waals surface area contributed by atoms with Crippen molar-refractivity contribution in [1.82, 2.24) is 19.9 Å². The Morgan fingerprint density at radius 1 is 1.53 bits per heavy atom. The first-order valence-corrected chi connectivity index (χ1v) is 6.67. The molecule has 0 bridgehead atoms. The summed E-state index contributed by atoms with van der Waals surface area (Å²) in [6, 6.07) is 0. The molecule has 1 fully saturated rings. The van der Waals surface area contributed by atoms with Crippen LogP contribution in [0.4, 0.5) is 0 Å². The van der Waals surface area contributed by atoms with Crippen LogP contribution in [0, 0.1) is 0 Å². The van der Waals surface area contributed by atoms with Crippen molar-refractivity contribution in [3.63, 3.8) is 0 Å². The van der Waals surface area contributed by atoms with E-state index in [9.17, 15) is 0 Å². The van der Waals surface area contributed by atoms with Crippen molar-refractivity contribution < 1.29 is 4.74 Å². The number of aromatic amines is 1. The summed E-state index contributed by atoms with van der Waals surface area (Å²) in [7, 11) is 0. The molecule has 0 aromatic carbocycles. The minimum Gasteiger partial charge on any atom is -0.378 e. The average molecular weight is 250 g/mol. The second kappa shape index (κ2) is 4.62. The fourth-order valence-corrected chi connectivity index (χ4v) is 3.18. The Morgan fingerprint density at radius 3 is 3.18 bits per heavy atom. The zero-order valence-electron chi connectivity index (χ0n) is 9.59. The van der Waals surface area contributed by atoms with Crippen molar-refractivity contribution >= 4 is 22.9 Å². The number of imidazole rings is 1. The highest BCUT2D eigenvalue weighted by Crippen LogP contribution is 2.37. The van der Waals surface area contributed by atoms with E-state index < -0.39 is 0 Å². The lowest BCUT2D eigenvalue weighted by Crippen LogP contribution is -2.33. The van der Waals surface area contributed by atoms with Gasteiger partial charge in [-0.2, -0.15) is 0 Å². The van der Waals surface area contributed by atoms with E-state index in [1.54, 1.807) is 18.0 Å². The number of hydrogen-bond acceptors (Lipinski definition) is 5. The van der Waals surface area contributed by atoms with Crippen LogP contribution in [0.1, 0.15) is 19.8 Å². The Bertz CT molecular complexity index is 476. The van der Waals surface area contributed by atoms with E-state index in [1.165, 1.54) is 6.33 Å². The van der Waals surface area contributed by atoms with Crippen molar-refractivity contribution in [1.29, 1.82) is 0 Å². The molecule has 0 atom stereocenters. The molecule has 0 aliphatic heterocycles. The van der Waals surface area contributed by atoms with Gasteiger partial charge in [0, 0.05) is 11.9 Å². The fourth-order valence-electron chi connectivity index (χ4n) is 1.94. The van der Waals surface area contributed by atoms with Gasteiger partial charge in [0.2, 0.25) is 0 Å². The molecular weight excluding hydrogens is 236 g/mol. The van der Waals surface area contributed by atoms with Crippen LogP contribution in [0.5, 0.6) is 0 Å². The van der Waals surface area contributed by atoms with Crippen LogP contribution in [0.15, 0.2) is 17.7 Å². The molecule has 0 amide bonds. The van der Waals surface area contributed by atoms with Gasteiger partial charge >= 0.3 is 0 Å². The number of rotatable bonds is 4. The third kappa shape index (κ3) is 2.28. The van der Waals surface area contributed by atoms with E-state index in [2.05, 4.69) is 19.9 Å². The summed E-state index contributed by atoms with van der Waals surface area (Å²) in [5.41, 5.74) is 1.64. The van der Waals surface area contributed by atoms with Crippen LogP contribution < -0.4 is 0 Å². The predicted molar refractivity (Wildman–Crippen MR) is 66.0 cm³/mol. The lowest BCUT2D eigenvalue weighted by molar-refractivity contribution is 0.0139. The topological polar surface area (TPSA) is 63.7 Å². The van der Waals surface area contributed by atoms with E-state index in [0.29, 0.717) is 11.4 Å². The van der Waals surface area contributed by atoms with E-state index in [0.717, 1.165) is 35.8 Å². The van der Waals surface area contributed by atoms with E-state index in [4.69, 9.17) is 4.74 Å². The Labute approximate surface area is 103 Å². The first kappa shape index (κ1) is 11.0. The summed E-state index contributed by atoms with van der Waals surface area (Å²) in [4.78, 5) is 15.7. The molecule has 1 saturated carbocycles. The largest absolute Gasteiger partial charge is 0.378 e. The average Bonchev–Trinajstić information content (AvgIpc) is 2.68. The molecule has 1 N–H and O–H groups in total. The Balaban J connectivity index is 1.62. The van der Waals surface area contributed by atoms with Gasteiger partial charge in [0.25, 0.3) is 0 Å². The first-order chi connectivity index (χ1) is 8.35. The third-order valence-corrected chi connectivity index (χ3v) is 4.01. The number of hydrogen-bond donors (Lipinski definition) is 1. The maximum Gasteiger partial charge on any atom is 0.181 e. The summed E-state index contributed by atoms with van der Waals surface area (Å²) in [5.74, 6) is 0. The van der Waals surface area contributed by atoms with Gasteiger partial charge in [-0.25, -0.2) is 15.0 Å². The summed E-state index contributed by atoms with van der Waals surface area (Å²) >= 11 is 1.77. The van der Waals surface area contributed by atoms with Gasteiger partial charge in [0.15, 0.2) is 10.8 Å². The molecule has 6 heteroatoms. The number of nitrogens with zero attached hydrogens (tertiary/aromatic N) is 3. The van der Waals surface area contributed by atoms with Crippen LogP contribution in [-0.4, -0.2) is 37.9 Å². The molecule has 17 heavy (non-hydrogen) atoms. The molecule has 2 aromatic rings. The van der Waals surface area contributed by atoms with Gasteiger partial charge in [-0.15, -0.1) is 0 Å². The van der Waals surface area contributed by atoms with Crippen LogP contribution >= 0.6 is 11.8 Å². The second-order valence-electron chi connectivity index (χ2n) is 4.09. The molecule has 0 spiro atoms. The number of ether oxygens (including phenoxy) is 1. The number of thioether (sulfide) groups is 1. The maximum absolute atomic E-state index is 5.54. The quantitative estimate of drug-likeness (QED) is 0.899. The SMILES string of the molecule is CCOC1CC(Sc2nc3ncncc3[nH]2)C1. The molecule has 3 rings (SSSR count). The highest BCUT2D eigenvalue weighted by atomic mass is 32.2. The normalized spacial score (nSPS) is 23.8. The van der Waals surface area contributed by atoms with Gasteiger partial charge in [0.05, 0.1) is 12.3 Å². The second-order valence-corrected chi connectivity index (χ2v) is 5.38. The van der Waals surface area contributed by atoms with Gasteiger partial charge < -0.3 is 9.72 Å². The smallest absolute Gasteiger partial charge is 0.181 e. The first-order valence-electron chi connectivity index (χ1n) is 5.79. The van der Waals surface area contributed by atoms with Crippen molar-refractivity contribution in [2.75, 3.05) is 6.61 Å². The molecule has 2 heterocycles. The Hall–Kier alpha value is -1.14. The molecule has 1 aliphatic rings. The van der Waals surface area contributed by atoms with Crippen LogP contribution in [0.3, 0.4) is 0 Å². The minimum absolute atomic E-state index is 0.446. The summed E-state index contributed by atoms with van der Waals surface area (Å²) in [6.07, 6.45) is 5.94. The lowest BCUT2D eigenvalue weighted by Gasteiger charge is -2.33. The Morgan fingerprint density at radius 2 is 2.41 bits per heavy atom. The van der Waals surface area contributed by atoms with E-state index >= 15 is 0 Å². The molecule has 0 unspecified atom stereocenters. The van der Waals surface area contributed by atoms with Crippen molar-refractivity contribution in [3.05, 3.63) is 12.5 Å². The Kier molecular flexibility index (Phi) is 2.98. The van der Waals surface area contributed by atoms with Crippen LogP contribution in [0.25, 0.3) is 11.2 Å². The van der Waals surface area contributed by atoms with Crippen LogP contribution in [0.2, 0.25) is 0 Å². The number of H-pyrrole nitrogens is 1. The summed E-state index contributed by atoms with van der Waals surface area (Å²) in [6.45, 7) is 2.85. The van der Waals surface area contributed by atoms with Gasteiger partial charge in [-0.05, 0) is 19.8 Å². The minimum atomic E-state index is 0.446. The van der Waals surface area contributed by atoms with Gasteiger partial charge in [-0.1, -0.05) is 11.8 Å². The number of aromatic nitrogens is 4. The van der Waals surface area contributed by atoms with Crippen molar-refractivity contribution in [3.8, 4) is 0 Å². The number of fused-ring (bicyclic) bond motifs is 1. The van der Waals surface area contributed by atoms with E-state index in [-0.39, 0.29) is 0 Å². The van der Waals surface area contributed by atoms with Gasteiger partial charge in [0.1, 0.15) is 11.8 Å². The highest BCUT2D eigenvalue weighted by molar-refractivity contribution is 7.99. The van der Waals surface area contributed by atoms with Crippen molar-refractivity contribution in [2.24, 2.45) is 0 Å². The molecule has 0 saturated heterocycles. The zero-order chi connectivity index (χ0) is 11.7. The molecular formula is C11H14N4OS. The predicted octanol–water partition coefficient (Wildman–Crippen LogP) is 2.01. The van der Waals surface area contributed by atoms with Crippen molar-refractivity contribution in [2.45, 2.75) is 36.3 Å².